The summed E-state index contributed by atoms with van der Waals surface area (Å²) in [4.78, 5) is 40.1. The van der Waals surface area contributed by atoms with Crippen molar-refractivity contribution < 1.29 is 19.5 Å². The van der Waals surface area contributed by atoms with Crippen LogP contribution in [0.4, 0.5) is 5.82 Å². The molecule has 1 aromatic carbocycles. The third-order valence-corrected chi connectivity index (χ3v) is 5.69. The van der Waals surface area contributed by atoms with Crippen molar-refractivity contribution in [2.24, 2.45) is 5.92 Å². The van der Waals surface area contributed by atoms with Crippen LogP contribution in [-0.4, -0.2) is 46.5 Å². The van der Waals surface area contributed by atoms with Gasteiger partial charge in [-0.3, -0.25) is 9.59 Å². The van der Waals surface area contributed by atoms with Crippen LogP contribution >= 0.6 is 0 Å². The number of carboxylic acids is 1. The molecule has 1 unspecified atom stereocenters. The lowest BCUT2D eigenvalue weighted by Crippen LogP contribution is -2.50. The Morgan fingerprint density at radius 2 is 1.94 bits per heavy atom. The molecule has 0 bridgehead atoms. The van der Waals surface area contributed by atoms with Crippen molar-refractivity contribution in [1.82, 2.24) is 20.9 Å². The highest BCUT2D eigenvalue weighted by Crippen LogP contribution is 2.20. The number of hydrogen-bond donors (Lipinski definition) is 5. The number of nitrogens with one attached hydrogen (secondary N) is 3. The highest BCUT2D eigenvalue weighted by atomic mass is 16.4. The molecule has 0 spiro atoms. The molecule has 1 aliphatic heterocycles. The van der Waals surface area contributed by atoms with Gasteiger partial charge in [-0.25, -0.2) is 9.78 Å². The SMILES string of the molecule is Cc1nc(N)ccc1CNC(=O)C(C)NC(=O)[C@H]1C[C@H](Cc2ccc(C(=O)O)cc2)CN1. The number of aromatic nitrogens is 1. The Labute approximate surface area is 186 Å². The number of benzene rings is 1. The van der Waals surface area contributed by atoms with Crippen LogP contribution in [0.5, 0.6) is 0 Å². The molecular formula is C23H29N5O4. The van der Waals surface area contributed by atoms with Crippen molar-refractivity contribution in [3.63, 3.8) is 0 Å². The molecule has 3 atom stereocenters. The van der Waals surface area contributed by atoms with Crippen LogP contribution < -0.4 is 21.7 Å². The number of carbonyl (C=O) groups is 3. The van der Waals surface area contributed by atoms with Crippen molar-refractivity contribution in [1.29, 1.82) is 0 Å². The monoisotopic (exact) mass is 439 g/mol. The van der Waals surface area contributed by atoms with E-state index in [1.807, 2.05) is 25.1 Å². The molecule has 1 fully saturated rings. The summed E-state index contributed by atoms with van der Waals surface area (Å²) in [5.74, 6) is -0.747. The lowest BCUT2D eigenvalue weighted by Gasteiger charge is -2.17. The van der Waals surface area contributed by atoms with E-state index in [9.17, 15) is 14.4 Å². The molecule has 9 heteroatoms. The van der Waals surface area contributed by atoms with E-state index in [-0.39, 0.29) is 29.3 Å². The zero-order valence-corrected chi connectivity index (χ0v) is 18.2. The van der Waals surface area contributed by atoms with Crippen molar-refractivity contribution in [2.75, 3.05) is 12.3 Å². The van der Waals surface area contributed by atoms with E-state index in [4.69, 9.17) is 10.8 Å². The van der Waals surface area contributed by atoms with E-state index >= 15 is 0 Å². The minimum atomic E-state index is -0.950. The summed E-state index contributed by atoms with van der Waals surface area (Å²) < 4.78 is 0. The number of amides is 2. The normalized spacial score (nSPS) is 18.7. The molecule has 2 amide bonds. The van der Waals surface area contributed by atoms with Crippen molar-refractivity contribution in [3.05, 3.63) is 58.8 Å². The number of hydrogen-bond acceptors (Lipinski definition) is 6. The van der Waals surface area contributed by atoms with Crippen molar-refractivity contribution >= 4 is 23.6 Å². The molecule has 0 aliphatic carbocycles. The fraction of sp³-hybridized carbons (Fsp3) is 0.391. The van der Waals surface area contributed by atoms with E-state index in [0.717, 1.165) is 23.2 Å². The molecule has 6 N–H and O–H groups in total. The second-order valence-corrected chi connectivity index (χ2v) is 8.20. The van der Waals surface area contributed by atoms with Crippen LogP contribution in [0.25, 0.3) is 0 Å². The van der Waals surface area contributed by atoms with E-state index in [2.05, 4.69) is 20.9 Å². The maximum Gasteiger partial charge on any atom is 0.335 e. The van der Waals surface area contributed by atoms with E-state index in [1.54, 1.807) is 25.1 Å². The van der Waals surface area contributed by atoms with Gasteiger partial charge in [-0.15, -0.1) is 0 Å². The smallest absolute Gasteiger partial charge is 0.335 e. The maximum absolute atomic E-state index is 12.6. The number of carboxylic acid groups (broad SMARTS) is 1. The summed E-state index contributed by atoms with van der Waals surface area (Å²) >= 11 is 0. The Morgan fingerprint density at radius 1 is 1.22 bits per heavy atom. The molecule has 9 nitrogen and oxygen atoms in total. The van der Waals surface area contributed by atoms with Gasteiger partial charge in [0.15, 0.2) is 0 Å². The number of carbonyl (C=O) groups excluding carboxylic acids is 2. The Morgan fingerprint density at radius 3 is 2.59 bits per heavy atom. The molecule has 2 aromatic rings. The predicted octanol–water partition coefficient (Wildman–Crippen LogP) is 1.01. The maximum atomic E-state index is 12.6. The Bertz CT molecular complexity index is 992. The minimum Gasteiger partial charge on any atom is -0.478 e. The number of anilines is 1. The standard InChI is InChI=1S/C23H29N5O4/c1-13-18(7-8-20(24)27-13)12-26-21(29)14(2)28-22(30)19-10-16(11-25-19)9-15-3-5-17(6-4-15)23(31)32/h3-8,14,16,19,25H,9-12H2,1-2H3,(H2,24,27)(H,26,29)(H,28,30)(H,31,32)/t14?,16-,19+/m0/s1. The molecule has 1 aromatic heterocycles. The van der Waals surface area contributed by atoms with Crippen LogP contribution in [0.2, 0.25) is 0 Å². The topological polar surface area (TPSA) is 146 Å². The van der Waals surface area contributed by atoms with Gasteiger partial charge in [0.2, 0.25) is 11.8 Å². The zero-order chi connectivity index (χ0) is 23.3. The van der Waals surface area contributed by atoms with Gasteiger partial charge in [-0.2, -0.15) is 0 Å². The molecule has 32 heavy (non-hydrogen) atoms. The lowest BCUT2D eigenvalue weighted by molar-refractivity contribution is -0.129. The summed E-state index contributed by atoms with van der Waals surface area (Å²) in [5, 5.41) is 17.8. The number of aryl methyl sites for hydroxylation is 1. The predicted molar refractivity (Wildman–Crippen MR) is 120 cm³/mol. The lowest BCUT2D eigenvalue weighted by atomic mass is 9.96. The number of aromatic carboxylic acids is 1. The Balaban J connectivity index is 1.44. The van der Waals surface area contributed by atoms with E-state index < -0.39 is 12.0 Å². The number of nitrogens with two attached hydrogens (primary N) is 1. The summed E-state index contributed by atoms with van der Waals surface area (Å²) in [7, 11) is 0. The molecule has 0 radical (unpaired) electrons. The largest absolute Gasteiger partial charge is 0.478 e. The van der Waals surface area contributed by atoms with Crippen LogP contribution in [0.3, 0.4) is 0 Å². The summed E-state index contributed by atoms with van der Waals surface area (Å²) in [6.45, 7) is 4.47. The molecular weight excluding hydrogens is 410 g/mol. The summed E-state index contributed by atoms with van der Waals surface area (Å²) in [6, 6.07) is 9.26. The van der Waals surface area contributed by atoms with Gasteiger partial charge in [0, 0.05) is 12.2 Å². The quantitative estimate of drug-likeness (QED) is 0.412. The van der Waals surface area contributed by atoms with E-state index in [0.29, 0.717) is 25.3 Å². The van der Waals surface area contributed by atoms with Gasteiger partial charge in [0.25, 0.3) is 0 Å². The second kappa shape index (κ2) is 10.2. The van der Waals surface area contributed by atoms with Crippen LogP contribution in [-0.2, 0) is 22.6 Å². The summed E-state index contributed by atoms with van der Waals surface area (Å²) in [5.41, 5.74) is 8.54. The summed E-state index contributed by atoms with van der Waals surface area (Å²) in [6.07, 6.45) is 1.40. The number of rotatable bonds is 8. The number of nitrogens with zero attached hydrogens (tertiary/aromatic N) is 1. The fourth-order valence-electron chi connectivity index (χ4n) is 3.79. The van der Waals surface area contributed by atoms with Gasteiger partial charge in [0.05, 0.1) is 11.6 Å². The number of pyridine rings is 1. The Kier molecular flexibility index (Phi) is 7.42. The first kappa shape index (κ1) is 23.2. The third-order valence-electron chi connectivity index (χ3n) is 5.69. The highest BCUT2D eigenvalue weighted by Gasteiger charge is 2.30. The first-order valence-corrected chi connectivity index (χ1v) is 10.6. The van der Waals surface area contributed by atoms with Crippen LogP contribution in [0, 0.1) is 12.8 Å². The molecule has 0 saturated carbocycles. The number of nitrogen functional groups attached to an aromatic ring is 1. The van der Waals surface area contributed by atoms with Crippen molar-refractivity contribution in [2.45, 2.75) is 45.3 Å². The molecule has 2 heterocycles. The average molecular weight is 440 g/mol. The highest BCUT2D eigenvalue weighted by molar-refractivity contribution is 5.89. The minimum absolute atomic E-state index is 0.207. The molecule has 1 aliphatic rings. The Hall–Kier alpha value is -3.46. The van der Waals surface area contributed by atoms with Gasteiger partial charge >= 0.3 is 5.97 Å². The first-order valence-electron chi connectivity index (χ1n) is 10.6. The van der Waals surface area contributed by atoms with E-state index in [1.165, 1.54) is 0 Å². The van der Waals surface area contributed by atoms with Gasteiger partial charge in [-0.1, -0.05) is 18.2 Å². The third kappa shape index (κ3) is 6.04. The zero-order valence-electron chi connectivity index (χ0n) is 18.2. The van der Waals surface area contributed by atoms with Gasteiger partial charge in [0.1, 0.15) is 11.9 Å². The fourth-order valence-corrected chi connectivity index (χ4v) is 3.79. The second-order valence-electron chi connectivity index (χ2n) is 8.20. The molecule has 170 valence electrons. The first-order chi connectivity index (χ1) is 15.2. The average Bonchev–Trinajstić information content (AvgIpc) is 3.22. The van der Waals surface area contributed by atoms with Crippen LogP contribution in [0.15, 0.2) is 36.4 Å². The van der Waals surface area contributed by atoms with Gasteiger partial charge in [-0.05, 0) is 68.5 Å². The van der Waals surface area contributed by atoms with Gasteiger partial charge < -0.3 is 26.8 Å². The molecule has 1 saturated heterocycles. The van der Waals surface area contributed by atoms with Crippen LogP contribution in [0.1, 0.15) is 40.5 Å². The molecule has 3 rings (SSSR count). The van der Waals surface area contributed by atoms with Crippen molar-refractivity contribution in [3.8, 4) is 0 Å².